The summed E-state index contributed by atoms with van der Waals surface area (Å²) < 4.78 is 70.7. The van der Waals surface area contributed by atoms with Crippen molar-refractivity contribution in [1.82, 2.24) is 15.6 Å². The Hall–Kier alpha value is -1.97. The number of hydrogen-bond acceptors (Lipinski definition) is 4. The van der Waals surface area contributed by atoms with Crippen molar-refractivity contribution in [2.45, 2.75) is 43.9 Å². The van der Waals surface area contributed by atoms with Crippen LogP contribution in [0, 0.1) is 0 Å². The predicted molar refractivity (Wildman–Crippen MR) is 78.3 cm³/mol. The average molecular weight is 367 g/mol. The second kappa shape index (κ2) is 7.51. The van der Waals surface area contributed by atoms with Crippen molar-refractivity contribution in [3.63, 3.8) is 0 Å². The molecule has 0 unspecified atom stereocenters. The van der Waals surface area contributed by atoms with Crippen molar-refractivity contribution in [2.75, 3.05) is 13.2 Å². The van der Waals surface area contributed by atoms with Crippen LogP contribution in [0.1, 0.15) is 25.3 Å². The van der Waals surface area contributed by atoms with Gasteiger partial charge in [0.05, 0.1) is 0 Å². The molecule has 1 amide bonds. The van der Waals surface area contributed by atoms with E-state index in [0.29, 0.717) is 25.5 Å². The van der Waals surface area contributed by atoms with Gasteiger partial charge >= 0.3 is 12.1 Å². The smallest absolute Gasteiger partial charge is 0.421 e. The van der Waals surface area contributed by atoms with Crippen molar-refractivity contribution in [3.8, 4) is 5.88 Å². The Balaban J connectivity index is 1.98. The van der Waals surface area contributed by atoms with E-state index in [9.17, 15) is 26.7 Å². The van der Waals surface area contributed by atoms with Gasteiger partial charge in [0.1, 0.15) is 5.56 Å². The Morgan fingerprint density at radius 2 is 2.12 bits per heavy atom. The quantitative estimate of drug-likeness (QED) is 0.785. The fraction of sp³-hybridized carbons (Fsp3) is 0.600. The highest BCUT2D eigenvalue weighted by molar-refractivity contribution is 5.83. The molecule has 10 heteroatoms. The van der Waals surface area contributed by atoms with E-state index in [4.69, 9.17) is 0 Å². The van der Waals surface area contributed by atoms with Gasteiger partial charge in [-0.2, -0.15) is 22.0 Å². The number of carbonyl (C=O) groups is 1. The Kier molecular flexibility index (Phi) is 5.81. The van der Waals surface area contributed by atoms with Gasteiger partial charge in [0.15, 0.2) is 6.61 Å². The van der Waals surface area contributed by atoms with Crippen LogP contribution >= 0.6 is 0 Å². The molecule has 1 aromatic heterocycles. The monoisotopic (exact) mass is 367 g/mol. The molecule has 0 saturated carbocycles. The van der Waals surface area contributed by atoms with Crippen LogP contribution in [0.2, 0.25) is 0 Å². The fourth-order valence-electron chi connectivity index (χ4n) is 2.50. The number of alkyl halides is 5. The van der Waals surface area contributed by atoms with Crippen molar-refractivity contribution < 1.29 is 31.5 Å². The van der Waals surface area contributed by atoms with E-state index in [1.165, 1.54) is 0 Å². The molecule has 0 radical (unpaired) electrons. The predicted octanol–water partition coefficient (Wildman–Crippen LogP) is 2.37. The van der Waals surface area contributed by atoms with Crippen LogP contribution in [0.15, 0.2) is 18.3 Å². The third-order valence-electron chi connectivity index (χ3n) is 3.76. The summed E-state index contributed by atoms with van der Waals surface area (Å²) >= 11 is 0. The number of rotatable bonds is 5. The van der Waals surface area contributed by atoms with E-state index in [1.54, 1.807) is 0 Å². The van der Waals surface area contributed by atoms with Crippen molar-refractivity contribution in [2.24, 2.45) is 0 Å². The molecule has 2 atom stereocenters. The van der Waals surface area contributed by atoms with Crippen LogP contribution in [0.25, 0.3) is 0 Å². The molecule has 1 aromatic rings. The van der Waals surface area contributed by atoms with Crippen molar-refractivity contribution in [3.05, 3.63) is 23.9 Å². The van der Waals surface area contributed by atoms with E-state index < -0.39 is 42.1 Å². The van der Waals surface area contributed by atoms with Crippen LogP contribution < -0.4 is 15.4 Å². The molecule has 2 N–H and O–H groups in total. The van der Waals surface area contributed by atoms with Crippen LogP contribution in [0.5, 0.6) is 5.88 Å². The van der Waals surface area contributed by atoms with Crippen molar-refractivity contribution >= 4 is 5.91 Å². The number of ether oxygens (including phenoxy) is 1. The Morgan fingerprint density at radius 1 is 1.40 bits per heavy atom. The summed E-state index contributed by atoms with van der Waals surface area (Å²) in [5, 5.41) is 5.33. The average Bonchev–Trinajstić information content (AvgIpc) is 2.52. The van der Waals surface area contributed by atoms with Crippen LogP contribution in [-0.2, 0) is 11.0 Å². The van der Waals surface area contributed by atoms with Gasteiger partial charge in [-0.25, -0.2) is 4.98 Å². The minimum absolute atomic E-state index is 0.0757. The number of pyridine rings is 1. The minimum atomic E-state index is -4.80. The number of amides is 1. The second-order valence-electron chi connectivity index (χ2n) is 5.90. The molecule has 140 valence electrons. The molecule has 0 aromatic carbocycles. The van der Waals surface area contributed by atoms with Gasteiger partial charge in [-0.1, -0.05) is 0 Å². The zero-order valence-electron chi connectivity index (χ0n) is 13.4. The lowest BCUT2D eigenvalue weighted by atomic mass is 10.0. The number of aromatic nitrogens is 1. The first kappa shape index (κ1) is 19.4. The Morgan fingerprint density at radius 3 is 2.76 bits per heavy atom. The van der Waals surface area contributed by atoms with Gasteiger partial charge in [0, 0.05) is 18.3 Å². The lowest BCUT2D eigenvalue weighted by molar-refractivity contribution is -0.152. The number of nitrogens with zero attached hydrogens (tertiary/aromatic N) is 1. The number of nitrogens with one attached hydrogen (secondary N) is 2. The molecule has 1 aliphatic heterocycles. The molecular weight excluding hydrogens is 349 g/mol. The summed E-state index contributed by atoms with van der Waals surface area (Å²) in [4.78, 5) is 15.1. The van der Waals surface area contributed by atoms with E-state index in [2.05, 4.69) is 20.4 Å². The lowest BCUT2D eigenvalue weighted by Gasteiger charge is -2.29. The molecule has 25 heavy (non-hydrogen) atoms. The maximum absolute atomic E-state index is 13.9. The van der Waals surface area contributed by atoms with Gasteiger partial charge in [-0.05, 0) is 38.4 Å². The molecule has 5 nitrogen and oxygen atoms in total. The minimum Gasteiger partial charge on any atom is -0.470 e. The molecule has 1 aliphatic rings. The largest absolute Gasteiger partial charge is 0.470 e. The first-order chi connectivity index (χ1) is 11.6. The standard InChI is InChI=1S/C15H18F5N3O2/c1-9-7-10(4-6-21-9)23-13(24)14(16,17)8-25-12-11(15(18,19)20)3-2-5-22-12/h2-3,5,9-10,21H,4,6-8H2,1H3,(H,23,24)/t9-,10-/m0/s1. The molecule has 2 heterocycles. The molecular formula is C15H18F5N3O2. The summed E-state index contributed by atoms with van der Waals surface area (Å²) in [6.45, 7) is 0.913. The molecule has 1 saturated heterocycles. The zero-order chi connectivity index (χ0) is 18.7. The first-order valence-electron chi connectivity index (χ1n) is 7.67. The molecule has 2 rings (SSSR count). The number of piperidine rings is 1. The zero-order valence-corrected chi connectivity index (χ0v) is 13.4. The summed E-state index contributed by atoms with van der Waals surface area (Å²) in [6.07, 6.45) is -2.84. The van der Waals surface area contributed by atoms with E-state index in [0.717, 1.165) is 12.3 Å². The van der Waals surface area contributed by atoms with E-state index in [1.807, 2.05) is 6.92 Å². The number of carbonyl (C=O) groups excluding carboxylic acids is 1. The normalized spacial score (nSPS) is 21.7. The van der Waals surface area contributed by atoms with Crippen molar-refractivity contribution in [1.29, 1.82) is 0 Å². The van der Waals surface area contributed by atoms with Gasteiger partial charge < -0.3 is 15.4 Å². The van der Waals surface area contributed by atoms with E-state index in [-0.39, 0.29) is 6.04 Å². The van der Waals surface area contributed by atoms with Gasteiger partial charge in [0.2, 0.25) is 5.88 Å². The van der Waals surface area contributed by atoms with Gasteiger partial charge in [-0.15, -0.1) is 0 Å². The molecule has 0 spiro atoms. The summed E-state index contributed by atoms with van der Waals surface area (Å²) in [5.41, 5.74) is -1.28. The first-order valence-corrected chi connectivity index (χ1v) is 7.67. The SMILES string of the molecule is C[C@H]1C[C@@H](NC(=O)C(F)(F)COc2ncccc2C(F)(F)F)CCN1. The highest BCUT2D eigenvalue weighted by atomic mass is 19.4. The topological polar surface area (TPSA) is 63.2 Å². The number of halogens is 5. The molecule has 0 bridgehead atoms. The summed E-state index contributed by atoms with van der Waals surface area (Å²) in [7, 11) is 0. The maximum atomic E-state index is 13.9. The Labute approximate surface area is 140 Å². The van der Waals surface area contributed by atoms with Crippen LogP contribution in [-0.4, -0.2) is 42.0 Å². The third kappa shape index (κ3) is 5.25. The summed E-state index contributed by atoms with van der Waals surface area (Å²) in [6, 6.07) is 1.33. The maximum Gasteiger partial charge on any atom is 0.421 e. The van der Waals surface area contributed by atoms with Gasteiger partial charge in [-0.3, -0.25) is 4.79 Å². The van der Waals surface area contributed by atoms with Crippen LogP contribution in [0.3, 0.4) is 0 Å². The lowest BCUT2D eigenvalue weighted by Crippen LogP contribution is -2.52. The third-order valence-corrected chi connectivity index (χ3v) is 3.76. The summed E-state index contributed by atoms with van der Waals surface area (Å²) in [5.74, 6) is -6.54. The molecule has 1 fully saturated rings. The highest BCUT2D eigenvalue weighted by Crippen LogP contribution is 2.35. The van der Waals surface area contributed by atoms with Gasteiger partial charge in [0.25, 0.3) is 5.91 Å². The molecule has 0 aliphatic carbocycles. The van der Waals surface area contributed by atoms with E-state index >= 15 is 0 Å². The number of hydrogen-bond donors (Lipinski definition) is 2. The second-order valence-corrected chi connectivity index (χ2v) is 5.90. The fourth-order valence-corrected chi connectivity index (χ4v) is 2.50. The highest BCUT2D eigenvalue weighted by Gasteiger charge is 2.42. The Bertz CT molecular complexity index is 609. The van der Waals surface area contributed by atoms with Crippen LogP contribution in [0.4, 0.5) is 22.0 Å².